The van der Waals surface area contributed by atoms with Crippen LogP contribution in [0, 0.1) is 0 Å². The minimum Gasteiger partial charge on any atom is -0.310 e. The molecule has 0 unspecified atom stereocenters. The van der Waals surface area contributed by atoms with E-state index in [1.165, 1.54) is 72.7 Å². The summed E-state index contributed by atoms with van der Waals surface area (Å²) in [5.74, 6) is 0. The van der Waals surface area contributed by atoms with Gasteiger partial charge in [0.25, 0.3) is 0 Å². The van der Waals surface area contributed by atoms with Crippen molar-refractivity contribution in [2.75, 3.05) is 4.90 Å². The molecule has 9 rings (SSSR count). The van der Waals surface area contributed by atoms with Crippen LogP contribution >= 0.6 is 0 Å². The molecule has 194 valence electrons. The molecule has 0 aromatic heterocycles. The maximum absolute atomic E-state index is 2.55. The molecule has 0 fully saturated rings. The van der Waals surface area contributed by atoms with Gasteiger partial charge in [0.1, 0.15) is 0 Å². The smallest absolute Gasteiger partial charge is 0.0746 e. The van der Waals surface area contributed by atoms with E-state index >= 15 is 0 Å². The van der Waals surface area contributed by atoms with Gasteiger partial charge in [0, 0.05) is 11.0 Å². The summed E-state index contributed by atoms with van der Waals surface area (Å²) in [7, 11) is 0. The van der Waals surface area contributed by atoms with Crippen molar-refractivity contribution in [3.8, 4) is 22.3 Å². The SMILES string of the molecule is CC1(C)c2ccccc2N(c2cccc3c2C2(c4ccccc4-c4ccccc42)c2ccccc2-3)c2ccccc21. The van der Waals surface area contributed by atoms with Gasteiger partial charge in [-0.15, -0.1) is 0 Å². The molecule has 6 aromatic carbocycles. The van der Waals surface area contributed by atoms with Crippen molar-refractivity contribution >= 4 is 17.1 Å². The van der Waals surface area contributed by atoms with E-state index in [2.05, 4.69) is 158 Å². The van der Waals surface area contributed by atoms with Gasteiger partial charge in [0.05, 0.1) is 22.5 Å². The van der Waals surface area contributed by atoms with Crippen molar-refractivity contribution in [3.63, 3.8) is 0 Å². The summed E-state index contributed by atoms with van der Waals surface area (Å²) in [6.07, 6.45) is 0. The van der Waals surface area contributed by atoms with E-state index in [0.29, 0.717) is 0 Å². The highest BCUT2D eigenvalue weighted by molar-refractivity contribution is 6.00. The third kappa shape index (κ3) is 2.67. The predicted molar refractivity (Wildman–Crippen MR) is 170 cm³/mol. The summed E-state index contributed by atoms with van der Waals surface area (Å²) in [6, 6.07) is 52.1. The lowest BCUT2D eigenvalue weighted by atomic mass is 9.69. The minimum absolute atomic E-state index is 0.102. The van der Waals surface area contributed by atoms with Crippen LogP contribution in [0.1, 0.15) is 47.2 Å². The summed E-state index contributed by atoms with van der Waals surface area (Å²) < 4.78 is 0. The number of rotatable bonds is 1. The quantitative estimate of drug-likeness (QED) is 0.207. The molecule has 0 radical (unpaired) electrons. The second kappa shape index (κ2) is 7.86. The number of hydrogen-bond donors (Lipinski definition) is 0. The molecule has 41 heavy (non-hydrogen) atoms. The molecule has 1 heterocycles. The highest BCUT2D eigenvalue weighted by Crippen LogP contribution is 2.66. The van der Waals surface area contributed by atoms with Gasteiger partial charge in [-0.25, -0.2) is 0 Å². The van der Waals surface area contributed by atoms with Gasteiger partial charge in [-0.2, -0.15) is 0 Å². The molecule has 0 saturated heterocycles. The Hall–Kier alpha value is -4.88. The maximum Gasteiger partial charge on any atom is 0.0746 e. The molecule has 0 bridgehead atoms. The van der Waals surface area contributed by atoms with Crippen LogP contribution in [0.25, 0.3) is 22.3 Å². The average molecular weight is 524 g/mol. The van der Waals surface area contributed by atoms with E-state index in [-0.39, 0.29) is 5.41 Å². The first-order valence-corrected chi connectivity index (χ1v) is 14.6. The lowest BCUT2D eigenvalue weighted by molar-refractivity contribution is 0.631. The van der Waals surface area contributed by atoms with Crippen molar-refractivity contribution in [1.82, 2.24) is 0 Å². The number of para-hydroxylation sites is 2. The van der Waals surface area contributed by atoms with Crippen molar-refractivity contribution in [1.29, 1.82) is 0 Å². The Morgan fingerprint density at radius 1 is 0.366 bits per heavy atom. The lowest BCUT2D eigenvalue weighted by Gasteiger charge is -2.43. The molecular formula is C40H29N. The Morgan fingerprint density at radius 2 is 0.732 bits per heavy atom. The molecule has 0 N–H and O–H groups in total. The van der Waals surface area contributed by atoms with Crippen LogP contribution in [0.4, 0.5) is 17.1 Å². The van der Waals surface area contributed by atoms with Gasteiger partial charge in [-0.05, 0) is 68.3 Å². The normalized spacial score (nSPS) is 15.9. The summed E-state index contributed by atoms with van der Waals surface area (Å²) >= 11 is 0. The van der Waals surface area contributed by atoms with Crippen LogP contribution in [-0.4, -0.2) is 0 Å². The molecule has 0 saturated carbocycles. The fourth-order valence-corrected chi connectivity index (χ4v) is 8.25. The van der Waals surface area contributed by atoms with Crippen molar-refractivity contribution in [3.05, 3.63) is 173 Å². The first kappa shape index (κ1) is 22.9. The standard InChI is InChI=1S/C40H29N/c1-39(2)33-21-9-11-23-35(33)41(36-24-12-10-22-34(36)39)37-25-13-17-29-28-16-5-8-20-32(28)40(38(29)37)30-18-6-3-14-26(30)27-15-4-7-19-31(27)40/h3-25H,1-2H3. The highest BCUT2D eigenvalue weighted by Gasteiger charge is 2.53. The summed E-state index contributed by atoms with van der Waals surface area (Å²) in [5.41, 5.74) is 16.8. The molecule has 1 aliphatic heterocycles. The molecule has 6 aromatic rings. The van der Waals surface area contributed by atoms with Crippen LogP contribution in [0.2, 0.25) is 0 Å². The Labute approximate surface area is 241 Å². The average Bonchev–Trinajstić information content (AvgIpc) is 3.49. The maximum atomic E-state index is 2.55. The zero-order valence-electron chi connectivity index (χ0n) is 23.2. The molecule has 3 aliphatic rings. The predicted octanol–water partition coefficient (Wildman–Crippen LogP) is 10.1. The molecule has 1 nitrogen and oxygen atoms in total. The van der Waals surface area contributed by atoms with Crippen LogP contribution in [0.15, 0.2) is 140 Å². The minimum atomic E-state index is -0.396. The number of hydrogen-bond acceptors (Lipinski definition) is 1. The fraction of sp³-hybridized carbons (Fsp3) is 0.100. The number of nitrogens with zero attached hydrogens (tertiary/aromatic N) is 1. The summed E-state index contributed by atoms with van der Waals surface area (Å²) in [5, 5.41) is 0. The molecule has 0 amide bonds. The fourth-order valence-electron chi connectivity index (χ4n) is 8.25. The van der Waals surface area contributed by atoms with Crippen molar-refractivity contribution in [2.45, 2.75) is 24.7 Å². The highest BCUT2D eigenvalue weighted by atomic mass is 15.2. The van der Waals surface area contributed by atoms with Crippen LogP contribution in [0.3, 0.4) is 0 Å². The van der Waals surface area contributed by atoms with Crippen LogP contribution in [-0.2, 0) is 10.8 Å². The molecule has 1 heteroatoms. The Kier molecular flexibility index (Phi) is 4.39. The monoisotopic (exact) mass is 523 g/mol. The Morgan fingerprint density at radius 3 is 1.24 bits per heavy atom. The van der Waals surface area contributed by atoms with Gasteiger partial charge in [-0.1, -0.05) is 135 Å². The van der Waals surface area contributed by atoms with E-state index < -0.39 is 5.41 Å². The van der Waals surface area contributed by atoms with E-state index in [0.717, 1.165) is 0 Å². The molecule has 0 atom stereocenters. The largest absolute Gasteiger partial charge is 0.310 e. The van der Waals surface area contributed by atoms with Gasteiger partial charge < -0.3 is 4.90 Å². The first-order chi connectivity index (χ1) is 20.1. The lowest BCUT2D eigenvalue weighted by Crippen LogP contribution is -2.33. The van der Waals surface area contributed by atoms with E-state index in [1.54, 1.807) is 0 Å². The van der Waals surface area contributed by atoms with Gasteiger partial charge in [-0.3, -0.25) is 0 Å². The Balaban J connectivity index is 1.46. The third-order valence-electron chi connectivity index (χ3n) is 9.87. The zero-order valence-corrected chi connectivity index (χ0v) is 23.2. The second-order valence-electron chi connectivity index (χ2n) is 12.1. The molecule has 2 aliphatic carbocycles. The van der Waals surface area contributed by atoms with Crippen molar-refractivity contribution < 1.29 is 0 Å². The summed E-state index contributed by atoms with van der Waals surface area (Å²) in [6.45, 7) is 4.72. The van der Waals surface area contributed by atoms with E-state index in [9.17, 15) is 0 Å². The number of benzene rings is 6. The van der Waals surface area contributed by atoms with Gasteiger partial charge in [0.15, 0.2) is 0 Å². The van der Waals surface area contributed by atoms with Crippen LogP contribution < -0.4 is 4.90 Å². The zero-order chi connectivity index (χ0) is 27.3. The molecule has 1 spiro atoms. The summed E-state index contributed by atoms with van der Waals surface area (Å²) in [4.78, 5) is 2.55. The van der Waals surface area contributed by atoms with E-state index in [1.807, 2.05) is 0 Å². The van der Waals surface area contributed by atoms with E-state index in [4.69, 9.17) is 0 Å². The topological polar surface area (TPSA) is 3.24 Å². The molecular weight excluding hydrogens is 494 g/mol. The number of anilines is 3. The van der Waals surface area contributed by atoms with Gasteiger partial charge in [0.2, 0.25) is 0 Å². The second-order valence-corrected chi connectivity index (χ2v) is 12.1. The van der Waals surface area contributed by atoms with Crippen molar-refractivity contribution in [2.24, 2.45) is 0 Å². The van der Waals surface area contributed by atoms with Crippen LogP contribution in [0.5, 0.6) is 0 Å². The number of fused-ring (bicyclic) bond motifs is 12. The van der Waals surface area contributed by atoms with Gasteiger partial charge >= 0.3 is 0 Å². The first-order valence-electron chi connectivity index (χ1n) is 14.6. The Bertz CT molecular complexity index is 1930. The third-order valence-corrected chi connectivity index (χ3v) is 9.87.